The van der Waals surface area contributed by atoms with Crippen LogP contribution in [0.15, 0.2) is 35.5 Å². The number of anilines is 2. The third-order valence-electron chi connectivity index (χ3n) is 2.49. The fraction of sp³-hybridized carbons (Fsp3) is 0.250. The number of nitrogens with zero attached hydrogens (tertiary/aromatic N) is 3. The Hall–Kier alpha value is -2.05. The monoisotopic (exact) mass is 247 g/mol. The summed E-state index contributed by atoms with van der Waals surface area (Å²) < 4.78 is 0. The van der Waals surface area contributed by atoms with Gasteiger partial charge in [0.1, 0.15) is 0 Å². The standard InChI is InChI=1S/C12H15N4O2/c1-3-4-7-18-15-10-6-5-9(2)8-11(10)16(17)14-12(15)13/h3-6,8H,7H2,1-2H3,(H2,13,14)/q-1/b4-3+. The molecule has 2 rings (SSSR count). The summed E-state index contributed by atoms with van der Waals surface area (Å²) in [6.45, 7) is 4.16. The summed E-state index contributed by atoms with van der Waals surface area (Å²) in [5.74, 6) is 0.0193. The van der Waals surface area contributed by atoms with Crippen molar-refractivity contribution in [1.29, 1.82) is 0 Å². The molecule has 1 aromatic carbocycles. The van der Waals surface area contributed by atoms with Gasteiger partial charge in [0.25, 0.3) is 0 Å². The molecule has 2 N–H and O–H groups in total. The number of hydroxylamine groups is 1. The van der Waals surface area contributed by atoms with Crippen LogP contribution in [0.25, 0.3) is 0 Å². The molecule has 0 aromatic heterocycles. The molecule has 18 heavy (non-hydrogen) atoms. The van der Waals surface area contributed by atoms with Crippen molar-refractivity contribution in [3.63, 3.8) is 0 Å². The van der Waals surface area contributed by atoms with Crippen LogP contribution in [-0.2, 0) is 4.84 Å². The van der Waals surface area contributed by atoms with Crippen LogP contribution in [0.1, 0.15) is 12.5 Å². The first-order valence-corrected chi connectivity index (χ1v) is 5.59. The number of nitrogens with two attached hydrogens (primary N) is 1. The SMILES string of the molecule is C/C=C/CON1C(N)=NN([O-])c2cc(C)ccc21. The highest BCUT2D eigenvalue weighted by atomic mass is 16.7. The van der Waals surface area contributed by atoms with Crippen LogP contribution in [0, 0.1) is 12.1 Å². The highest BCUT2D eigenvalue weighted by molar-refractivity contribution is 5.99. The van der Waals surface area contributed by atoms with Crippen molar-refractivity contribution in [2.75, 3.05) is 16.8 Å². The summed E-state index contributed by atoms with van der Waals surface area (Å²) in [6.07, 6.45) is 3.71. The van der Waals surface area contributed by atoms with E-state index < -0.39 is 0 Å². The molecule has 0 spiro atoms. The van der Waals surface area contributed by atoms with Gasteiger partial charge < -0.3 is 16.1 Å². The number of aryl methyl sites for hydroxylation is 1. The van der Waals surface area contributed by atoms with Crippen molar-refractivity contribution in [3.8, 4) is 0 Å². The Bertz CT molecular complexity index is 499. The summed E-state index contributed by atoms with van der Waals surface area (Å²) in [7, 11) is 0. The Morgan fingerprint density at radius 3 is 2.94 bits per heavy atom. The average molecular weight is 247 g/mol. The minimum atomic E-state index is 0.0193. The molecule has 1 aliphatic heterocycles. The normalized spacial score (nSPS) is 14.9. The molecule has 0 unspecified atom stereocenters. The van der Waals surface area contributed by atoms with E-state index in [1.165, 1.54) is 5.06 Å². The first-order chi connectivity index (χ1) is 8.63. The Balaban J connectivity index is 2.32. The number of hydrazone groups is 1. The van der Waals surface area contributed by atoms with Crippen molar-refractivity contribution in [2.45, 2.75) is 13.8 Å². The minimum Gasteiger partial charge on any atom is -0.737 e. The van der Waals surface area contributed by atoms with E-state index in [-0.39, 0.29) is 5.96 Å². The van der Waals surface area contributed by atoms with Crippen molar-refractivity contribution >= 4 is 17.3 Å². The van der Waals surface area contributed by atoms with E-state index in [2.05, 4.69) is 5.10 Å². The summed E-state index contributed by atoms with van der Waals surface area (Å²) in [6, 6.07) is 5.41. The summed E-state index contributed by atoms with van der Waals surface area (Å²) in [4.78, 5) is 5.48. The minimum absolute atomic E-state index is 0.0193. The molecule has 6 heteroatoms. The van der Waals surface area contributed by atoms with Gasteiger partial charge in [0.2, 0.25) is 5.96 Å². The molecule has 1 aliphatic rings. The number of hydrogen-bond acceptors (Lipinski definition) is 6. The van der Waals surface area contributed by atoms with Gasteiger partial charge in [0, 0.05) is 0 Å². The van der Waals surface area contributed by atoms with Gasteiger partial charge in [-0.1, -0.05) is 18.2 Å². The van der Waals surface area contributed by atoms with Crippen molar-refractivity contribution in [2.24, 2.45) is 10.8 Å². The number of fused-ring (bicyclic) bond motifs is 1. The third kappa shape index (κ3) is 2.29. The second-order valence-electron chi connectivity index (χ2n) is 3.88. The smallest absolute Gasteiger partial charge is 0.242 e. The second kappa shape index (κ2) is 5.07. The highest BCUT2D eigenvalue weighted by Crippen LogP contribution is 2.33. The zero-order chi connectivity index (χ0) is 13.1. The molecule has 0 saturated carbocycles. The summed E-state index contributed by atoms with van der Waals surface area (Å²) >= 11 is 0. The summed E-state index contributed by atoms with van der Waals surface area (Å²) in [5, 5.41) is 17.2. The van der Waals surface area contributed by atoms with Crippen LogP contribution in [0.5, 0.6) is 0 Å². The van der Waals surface area contributed by atoms with Crippen LogP contribution < -0.4 is 16.0 Å². The van der Waals surface area contributed by atoms with E-state index in [9.17, 15) is 5.21 Å². The Morgan fingerprint density at radius 2 is 2.22 bits per heavy atom. The number of allylic oxidation sites excluding steroid dienone is 1. The van der Waals surface area contributed by atoms with Gasteiger partial charge >= 0.3 is 0 Å². The van der Waals surface area contributed by atoms with E-state index in [4.69, 9.17) is 10.6 Å². The Kier molecular flexibility index (Phi) is 3.50. The fourth-order valence-corrected chi connectivity index (χ4v) is 1.62. The highest BCUT2D eigenvalue weighted by Gasteiger charge is 2.21. The first-order valence-electron chi connectivity index (χ1n) is 5.59. The maximum absolute atomic E-state index is 11.7. The molecular formula is C12H15N4O2-. The van der Waals surface area contributed by atoms with E-state index in [1.54, 1.807) is 12.1 Å². The number of guanidine groups is 1. The van der Waals surface area contributed by atoms with Gasteiger partial charge in [-0.15, -0.1) is 5.10 Å². The second-order valence-corrected chi connectivity index (χ2v) is 3.88. The van der Waals surface area contributed by atoms with Crippen molar-refractivity contribution in [1.82, 2.24) is 0 Å². The topological polar surface area (TPSA) is 77.2 Å². The van der Waals surface area contributed by atoms with Gasteiger partial charge in [0.15, 0.2) is 0 Å². The van der Waals surface area contributed by atoms with Crippen molar-refractivity contribution in [3.05, 3.63) is 41.1 Å². The lowest BCUT2D eigenvalue weighted by Gasteiger charge is -2.36. The molecule has 0 fully saturated rings. The van der Waals surface area contributed by atoms with E-state index in [0.29, 0.717) is 23.2 Å². The Morgan fingerprint density at radius 1 is 1.44 bits per heavy atom. The zero-order valence-corrected chi connectivity index (χ0v) is 10.3. The lowest BCUT2D eigenvalue weighted by Crippen LogP contribution is -2.42. The van der Waals surface area contributed by atoms with E-state index >= 15 is 0 Å². The van der Waals surface area contributed by atoms with E-state index in [1.807, 2.05) is 32.1 Å². The molecule has 0 aliphatic carbocycles. The van der Waals surface area contributed by atoms with Gasteiger partial charge in [-0.05, 0) is 31.5 Å². The number of benzene rings is 1. The first kappa shape index (κ1) is 12.4. The van der Waals surface area contributed by atoms with E-state index in [0.717, 1.165) is 5.56 Å². The van der Waals surface area contributed by atoms with Crippen LogP contribution in [0.2, 0.25) is 0 Å². The quantitative estimate of drug-likeness (QED) is 0.825. The zero-order valence-electron chi connectivity index (χ0n) is 10.3. The predicted octanol–water partition coefficient (Wildman–Crippen LogP) is 1.86. The fourth-order valence-electron chi connectivity index (χ4n) is 1.62. The molecule has 0 amide bonds. The molecule has 0 saturated heterocycles. The predicted molar refractivity (Wildman–Crippen MR) is 71.9 cm³/mol. The lowest BCUT2D eigenvalue weighted by atomic mass is 10.2. The molecule has 96 valence electrons. The Labute approximate surface area is 105 Å². The van der Waals surface area contributed by atoms with Gasteiger partial charge in [-0.2, -0.15) is 5.06 Å². The molecule has 0 bridgehead atoms. The molecule has 0 radical (unpaired) electrons. The van der Waals surface area contributed by atoms with Crippen LogP contribution in [-0.4, -0.2) is 12.6 Å². The van der Waals surface area contributed by atoms with Crippen LogP contribution >= 0.6 is 0 Å². The maximum Gasteiger partial charge on any atom is 0.242 e. The lowest BCUT2D eigenvalue weighted by molar-refractivity contribution is 0.170. The molecule has 6 nitrogen and oxygen atoms in total. The average Bonchev–Trinajstić information content (AvgIpc) is 2.34. The van der Waals surface area contributed by atoms with Gasteiger partial charge in [-0.3, -0.25) is 4.84 Å². The number of hydrogen-bond donors (Lipinski definition) is 1. The van der Waals surface area contributed by atoms with Crippen LogP contribution in [0.3, 0.4) is 0 Å². The largest absolute Gasteiger partial charge is 0.737 e. The molecule has 1 aromatic rings. The maximum atomic E-state index is 11.7. The van der Waals surface area contributed by atoms with Gasteiger partial charge in [-0.25, -0.2) is 0 Å². The van der Waals surface area contributed by atoms with Gasteiger partial charge in [0.05, 0.1) is 18.0 Å². The number of rotatable bonds is 3. The molecular weight excluding hydrogens is 232 g/mol. The molecule has 0 atom stereocenters. The van der Waals surface area contributed by atoms with Crippen molar-refractivity contribution < 1.29 is 4.84 Å². The third-order valence-corrected chi connectivity index (χ3v) is 2.49. The van der Waals surface area contributed by atoms with Crippen LogP contribution in [0.4, 0.5) is 11.4 Å². The molecule has 1 heterocycles. The summed E-state index contributed by atoms with van der Waals surface area (Å²) in [5.41, 5.74) is 7.67.